The minimum absolute atomic E-state index is 0.0194. The van der Waals surface area contributed by atoms with Gasteiger partial charge in [-0.25, -0.2) is 8.42 Å². The number of hydrogen-bond donors (Lipinski definition) is 0. The maximum absolute atomic E-state index is 14.3. The van der Waals surface area contributed by atoms with Crippen LogP contribution in [0.4, 0.5) is 0 Å². The van der Waals surface area contributed by atoms with Gasteiger partial charge in [-0.15, -0.1) is 0 Å². The Balaban J connectivity index is 3.07. The lowest BCUT2D eigenvalue weighted by Gasteiger charge is -2.26. The molecule has 2 aromatic rings. The molecule has 0 aliphatic heterocycles. The Morgan fingerprint density at radius 2 is 0.966 bits per heavy atom. The minimum atomic E-state index is -3.90. The molecule has 29 heavy (non-hydrogen) atoms. The summed E-state index contributed by atoms with van der Waals surface area (Å²) in [5, 5.41) is 0. The Labute approximate surface area is 223 Å². The molecule has 0 saturated heterocycles. The van der Waals surface area contributed by atoms with Crippen molar-refractivity contribution in [2.75, 3.05) is 0 Å². The SMILES string of the molecule is CC(C)c1cccc(C(Br)(Br)Br)c1S(=O)(=O)c1c(C(C)C)cccc1C(Br)(Br)Br. The van der Waals surface area contributed by atoms with Gasteiger partial charge in [0, 0.05) is 11.1 Å². The van der Waals surface area contributed by atoms with Crippen LogP contribution in [0.25, 0.3) is 0 Å². The van der Waals surface area contributed by atoms with Gasteiger partial charge in [-0.3, -0.25) is 0 Å². The van der Waals surface area contributed by atoms with Gasteiger partial charge in [0.25, 0.3) is 0 Å². The first-order chi connectivity index (χ1) is 13.1. The normalized spacial score (nSPS) is 13.4. The van der Waals surface area contributed by atoms with Gasteiger partial charge in [0.05, 0.1) is 9.79 Å². The average molecular weight is 804 g/mol. The van der Waals surface area contributed by atoms with Crippen molar-refractivity contribution >= 4 is 105 Å². The second-order valence-electron chi connectivity index (χ2n) is 7.26. The molecule has 2 nitrogen and oxygen atoms in total. The average Bonchev–Trinajstić information content (AvgIpc) is 2.58. The smallest absolute Gasteiger partial charge is 0.207 e. The van der Waals surface area contributed by atoms with Crippen LogP contribution >= 0.6 is 95.6 Å². The van der Waals surface area contributed by atoms with Gasteiger partial charge in [-0.05, 0) is 23.0 Å². The predicted molar refractivity (Wildman–Crippen MR) is 143 cm³/mol. The molecule has 0 N–H and O–H groups in total. The highest BCUT2D eigenvalue weighted by Gasteiger charge is 2.39. The topological polar surface area (TPSA) is 34.1 Å². The van der Waals surface area contributed by atoms with Crippen LogP contribution in [0.1, 0.15) is 61.8 Å². The minimum Gasteiger partial charge on any atom is -0.218 e. The lowest BCUT2D eigenvalue weighted by atomic mass is 10.0. The molecule has 0 radical (unpaired) electrons. The molecular weight excluding hydrogens is 784 g/mol. The van der Waals surface area contributed by atoms with E-state index in [-0.39, 0.29) is 11.8 Å². The molecule has 160 valence electrons. The highest BCUT2D eigenvalue weighted by Crippen LogP contribution is 2.52. The van der Waals surface area contributed by atoms with Crippen LogP contribution in [0, 0.1) is 0 Å². The van der Waals surface area contributed by atoms with E-state index in [0.29, 0.717) is 20.9 Å². The zero-order valence-electron chi connectivity index (χ0n) is 16.1. The first kappa shape index (κ1) is 26.5. The third-order valence-corrected chi connectivity index (χ3v) is 9.03. The van der Waals surface area contributed by atoms with Crippen molar-refractivity contribution < 1.29 is 8.42 Å². The van der Waals surface area contributed by atoms with Gasteiger partial charge in [-0.1, -0.05) is 160 Å². The van der Waals surface area contributed by atoms with E-state index in [2.05, 4.69) is 95.6 Å². The van der Waals surface area contributed by atoms with Crippen LogP contribution < -0.4 is 0 Å². The van der Waals surface area contributed by atoms with Gasteiger partial charge in [-0.2, -0.15) is 0 Å². The summed E-state index contributed by atoms with van der Waals surface area (Å²) in [5.41, 5.74) is 2.72. The molecule has 0 aliphatic rings. The largest absolute Gasteiger partial charge is 0.218 e. The number of rotatable bonds is 4. The van der Waals surface area contributed by atoms with Crippen molar-refractivity contribution in [3.8, 4) is 0 Å². The van der Waals surface area contributed by atoms with Crippen LogP contribution in [0.15, 0.2) is 46.2 Å². The molecule has 0 unspecified atom stereocenters. The third kappa shape index (κ3) is 5.80. The van der Waals surface area contributed by atoms with Crippen molar-refractivity contribution in [1.82, 2.24) is 0 Å². The zero-order valence-corrected chi connectivity index (χ0v) is 26.4. The van der Waals surface area contributed by atoms with E-state index in [1.54, 1.807) is 12.1 Å². The molecule has 2 rings (SSSR count). The lowest BCUT2D eigenvalue weighted by Crippen LogP contribution is -2.19. The molecule has 9 heteroatoms. The van der Waals surface area contributed by atoms with Gasteiger partial charge in [0.15, 0.2) is 4.29 Å². The molecule has 0 atom stereocenters. The number of alkyl halides is 6. The molecule has 2 aromatic carbocycles. The summed E-state index contributed by atoms with van der Waals surface area (Å²) in [6, 6.07) is 11.1. The quantitative estimate of drug-likeness (QED) is 0.289. The monoisotopic (exact) mass is 798 g/mol. The molecule has 0 bridgehead atoms. The van der Waals surface area contributed by atoms with Crippen LogP contribution in [0.5, 0.6) is 0 Å². The van der Waals surface area contributed by atoms with E-state index in [9.17, 15) is 8.42 Å². The first-order valence-corrected chi connectivity index (χ1v) is 15.0. The van der Waals surface area contributed by atoms with Crippen LogP contribution in [-0.4, -0.2) is 8.42 Å². The zero-order chi connectivity index (χ0) is 22.4. The Hall–Kier alpha value is 1.27. The predicted octanol–water partition coefficient (Wildman–Crippen LogP) is 9.36. The summed E-state index contributed by atoms with van der Waals surface area (Å²) in [6.45, 7) is 7.98. The first-order valence-electron chi connectivity index (χ1n) is 8.75. The summed E-state index contributed by atoms with van der Waals surface area (Å²) in [5.74, 6) is 0.0387. The van der Waals surface area contributed by atoms with Crippen molar-refractivity contribution in [1.29, 1.82) is 0 Å². The van der Waals surface area contributed by atoms with E-state index in [1.807, 2.05) is 52.0 Å². The summed E-state index contributed by atoms with van der Waals surface area (Å²) in [6.07, 6.45) is 0. The Kier molecular flexibility index (Phi) is 8.81. The summed E-state index contributed by atoms with van der Waals surface area (Å²) in [4.78, 5) is 0.596. The maximum Gasteiger partial charge on any atom is 0.207 e. The highest BCUT2D eigenvalue weighted by molar-refractivity contribution is 9.39. The maximum atomic E-state index is 14.3. The number of halogens is 6. The van der Waals surface area contributed by atoms with Gasteiger partial charge in [0.1, 0.15) is 0 Å². The van der Waals surface area contributed by atoms with Crippen LogP contribution in [-0.2, 0) is 14.1 Å². The van der Waals surface area contributed by atoms with Crippen LogP contribution in [0.3, 0.4) is 0 Å². The second kappa shape index (κ2) is 9.64. The van der Waals surface area contributed by atoms with E-state index >= 15 is 0 Å². The molecule has 0 heterocycles. The van der Waals surface area contributed by atoms with Crippen molar-refractivity contribution in [2.24, 2.45) is 0 Å². The highest BCUT2D eigenvalue weighted by atomic mass is 80.0. The van der Waals surface area contributed by atoms with E-state index in [4.69, 9.17) is 0 Å². The molecule has 0 aromatic heterocycles. The Bertz CT molecular complexity index is 927. The second-order valence-corrected chi connectivity index (χ2v) is 22.6. The fourth-order valence-electron chi connectivity index (χ4n) is 3.17. The fraction of sp³-hybridized carbons (Fsp3) is 0.400. The molecular formula is C20H20Br6O2S. The molecule has 0 amide bonds. The van der Waals surface area contributed by atoms with Crippen molar-refractivity contribution in [3.05, 3.63) is 58.7 Å². The summed E-state index contributed by atoms with van der Waals surface area (Å²) < 4.78 is 26.8. The summed E-state index contributed by atoms with van der Waals surface area (Å²) in [7, 11) is -3.90. The van der Waals surface area contributed by atoms with E-state index < -0.39 is 14.1 Å². The number of benzene rings is 2. The van der Waals surface area contributed by atoms with Gasteiger partial charge < -0.3 is 0 Å². The molecule has 0 saturated carbocycles. The fourth-order valence-corrected chi connectivity index (χ4v) is 8.39. The van der Waals surface area contributed by atoms with Crippen molar-refractivity contribution in [2.45, 2.75) is 53.6 Å². The van der Waals surface area contributed by atoms with E-state index in [1.165, 1.54) is 0 Å². The number of hydrogen-bond acceptors (Lipinski definition) is 2. The standard InChI is InChI=1S/C20H20Br6O2S/c1-11(2)13-7-5-9-15(19(21,22)23)17(13)29(27,28)18-14(12(3)4)8-6-10-16(18)20(24,25)26/h5-12H,1-4H3. The van der Waals surface area contributed by atoms with Gasteiger partial charge in [0.2, 0.25) is 9.84 Å². The van der Waals surface area contributed by atoms with Crippen LogP contribution in [0.2, 0.25) is 0 Å². The lowest BCUT2D eigenvalue weighted by molar-refractivity contribution is 0.589. The Morgan fingerprint density at radius 3 is 1.21 bits per heavy atom. The molecule has 0 fully saturated rings. The number of sulfone groups is 1. The molecule has 0 spiro atoms. The Morgan fingerprint density at radius 1 is 0.655 bits per heavy atom. The third-order valence-electron chi connectivity index (χ3n) is 4.48. The van der Waals surface area contributed by atoms with E-state index in [0.717, 1.165) is 11.1 Å². The van der Waals surface area contributed by atoms with Crippen molar-refractivity contribution in [3.63, 3.8) is 0 Å². The molecule has 0 aliphatic carbocycles. The summed E-state index contributed by atoms with van der Waals surface area (Å²) >= 11 is 21.2. The van der Waals surface area contributed by atoms with Gasteiger partial charge >= 0.3 is 0 Å².